The number of likely N-dealkylation sites (tertiary alicyclic amines) is 1. The molecule has 30 heavy (non-hydrogen) atoms. The molecule has 156 valence electrons. The second kappa shape index (κ2) is 8.98. The summed E-state index contributed by atoms with van der Waals surface area (Å²) in [7, 11) is 0. The van der Waals surface area contributed by atoms with Crippen molar-refractivity contribution in [2.75, 3.05) is 18.4 Å². The minimum absolute atomic E-state index is 0.00910. The summed E-state index contributed by atoms with van der Waals surface area (Å²) >= 11 is 6.05. The van der Waals surface area contributed by atoms with Crippen molar-refractivity contribution in [3.05, 3.63) is 64.5 Å². The van der Waals surface area contributed by atoms with Crippen LogP contribution in [-0.2, 0) is 11.3 Å². The molecule has 1 saturated heterocycles. The molecule has 1 fully saturated rings. The van der Waals surface area contributed by atoms with Gasteiger partial charge >= 0.3 is 0 Å². The molecule has 1 amide bonds. The second-order valence-electron chi connectivity index (χ2n) is 7.88. The van der Waals surface area contributed by atoms with Crippen LogP contribution >= 0.6 is 11.6 Å². The largest absolute Gasteiger partial charge is 0.338 e. The van der Waals surface area contributed by atoms with Gasteiger partial charge in [0.2, 0.25) is 17.6 Å². The monoisotopic (exact) mass is 424 g/mol. The molecule has 1 aliphatic rings. The molecule has 6 nitrogen and oxygen atoms in total. The number of aryl methyl sites for hydroxylation is 2. The number of benzene rings is 2. The van der Waals surface area contributed by atoms with E-state index in [1.807, 2.05) is 50.2 Å². The zero-order valence-corrected chi connectivity index (χ0v) is 17.9. The maximum absolute atomic E-state index is 12.7. The van der Waals surface area contributed by atoms with Crippen molar-refractivity contribution in [2.24, 2.45) is 5.92 Å². The summed E-state index contributed by atoms with van der Waals surface area (Å²) in [6.45, 7) is 6.23. The van der Waals surface area contributed by atoms with Crippen LogP contribution in [-0.4, -0.2) is 34.0 Å². The molecule has 0 spiro atoms. The van der Waals surface area contributed by atoms with E-state index in [-0.39, 0.29) is 11.8 Å². The number of halogens is 1. The molecular weight excluding hydrogens is 400 g/mol. The molecular formula is C23H25ClN4O2. The Hall–Kier alpha value is -2.70. The molecule has 0 aliphatic carbocycles. The molecule has 0 atom stereocenters. The molecule has 7 heteroatoms. The summed E-state index contributed by atoms with van der Waals surface area (Å²) in [6.07, 6.45) is 1.59. The number of anilines is 1. The Kier molecular flexibility index (Phi) is 6.16. The van der Waals surface area contributed by atoms with Gasteiger partial charge in [0, 0.05) is 22.2 Å². The number of piperidine rings is 1. The molecule has 4 rings (SSSR count). The predicted octanol–water partition coefficient (Wildman–Crippen LogP) is 4.86. The number of carbonyl (C=O) groups excluding carboxylic acids is 1. The molecule has 3 aromatic rings. The lowest BCUT2D eigenvalue weighted by molar-refractivity contribution is -0.121. The number of hydrogen-bond donors (Lipinski definition) is 1. The minimum atomic E-state index is -0.00910. The summed E-state index contributed by atoms with van der Waals surface area (Å²) in [5.74, 6) is 1.26. The first-order chi connectivity index (χ1) is 14.5. The van der Waals surface area contributed by atoms with E-state index in [0.717, 1.165) is 48.3 Å². The number of carbonyl (C=O) groups is 1. The number of nitrogens with zero attached hydrogens (tertiary/aromatic N) is 3. The van der Waals surface area contributed by atoms with E-state index in [0.29, 0.717) is 23.3 Å². The second-order valence-corrected chi connectivity index (χ2v) is 8.32. The van der Waals surface area contributed by atoms with Crippen LogP contribution < -0.4 is 5.32 Å². The van der Waals surface area contributed by atoms with Crippen molar-refractivity contribution in [2.45, 2.75) is 33.2 Å². The van der Waals surface area contributed by atoms with E-state index in [1.165, 1.54) is 0 Å². The van der Waals surface area contributed by atoms with Crippen LogP contribution in [0.5, 0.6) is 0 Å². The van der Waals surface area contributed by atoms with E-state index in [1.54, 1.807) is 6.07 Å². The molecule has 2 aromatic carbocycles. The lowest BCUT2D eigenvalue weighted by atomic mass is 9.95. The average molecular weight is 425 g/mol. The van der Waals surface area contributed by atoms with Crippen LogP contribution in [0.4, 0.5) is 5.69 Å². The van der Waals surface area contributed by atoms with Gasteiger partial charge in [-0.3, -0.25) is 9.69 Å². The summed E-state index contributed by atoms with van der Waals surface area (Å²) in [6, 6.07) is 13.6. The van der Waals surface area contributed by atoms with E-state index in [9.17, 15) is 4.79 Å². The van der Waals surface area contributed by atoms with Crippen molar-refractivity contribution in [1.29, 1.82) is 0 Å². The molecule has 0 bridgehead atoms. The fourth-order valence-corrected chi connectivity index (χ4v) is 3.90. The van der Waals surface area contributed by atoms with E-state index >= 15 is 0 Å². The predicted molar refractivity (Wildman–Crippen MR) is 117 cm³/mol. The van der Waals surface area contributed by atoms with Gasteiger partial charge < -0.3 is 9.84 Å². The first-order valence-corrected chi connectivity index (χ1v) is 10.5. The summed E-state index contributed by atoms with van der Waals surface area (Å²) < 4.78 is 5.44. The standard InChI is InChI=1S/C23H25ClN4O2/c1-15-4-3-5-18(12-15)22-26-21(30-27-22)14-28-10-8-17(9-11-28)23(29)25-20-13-19(24)7-6-16(20)2/h3-7,12-13,17H,8-11,14H2,1-2H3,(H,25,29). The zero-order chi connectivity index (χ0) is 21.1. The summed E-state index contributed by atoms with van der Waals surface area (Å²) in [4.78, 5) is 19.5. The Morgan fingerprint density at radius 3 is 2.77 bits per heavy atom. The van der Waals surface area contributed by atoms with Crippen molar-refractivity contribution in [3.63, 3.8) is 0 Å². The third-order valence-electron chi connectivity index (χ3n) is 5.52. The Morgan fingerprint density at radius 1 is 1.20 bits per heavy atom. The Bertz CT molecular complexity index is 1040. The topological polar surface area (TPSA) is 71.3 Å². The number of hydrogen-bond acceptors (Lipinski definition) is 5. The van der Waals surface area contributed by atoms with Gasteiger partial charge in [-0.1, -0.05) is 46.6 Å². The van der Waals surface area contributed by atoms with Gasteiger partial charge in [0.25, 0.3) is 0 Å². The number of aromatic nitrogens is 2. The highest BCUT2D eigenvalue weighted by molar-refractivity contribution is 6.31. The van der Waals surface area contributed by atoms with Crippen LogP contribution in [0.15, 0.2) is 47.0 Å². The van der Waals surface area contributed by atoms with E-state index in [2.05, 4.69) is 20.4 Å². The first-order valence-electron chi connectivity index (χ1n) is 10.2. The van der Waals surface area contributed by atoms with Gasteiger partial charge in [0.05, 0.1) is 6.54 Å². The average Bonchev–Trinajstić information content (AvgIpc) is 3.20. The van der Waals surface area contributed by atoms with Gasteiger partial charge in [-0.15, -0.1) is 0 Å². The SMILES string of the molecule is Cc1cccc(-c2noc(CN3CCC(C(=O)Nc4cc(Cl)ccc4C)CC3)n2)c1. The van der Waals surface area contributed by atoms with Crippen LogP contribution in [0.25, 0.3) is 11.4 Å². The molecule has 2 heterocycles. The van der Waals surface area contributed by atoms with Gasteiger partial charge in [0.15, 0.2) is 0 Å². The first kappa shape index (κ1) is 20.6. The van der Waals surface area contributed by atoms with E-state index in [4.69, 9.17) is 16.1 Å². The minimum Gasteiger partial charge on any atom is -0.338 e. The number of nitrogens with one attached hydrogen (secondary N) is 1. The molecule has 0 unspecified atom stereocenters. The normalized spacial score (nSPS) is 15.3. The fraction of sp³-hybridized carbons (Fsp3) is 0.348. The third kappa shape index (κ3) is 4.89. The van der Waals surface area contributed by atoms with Crippen molar-refractivity contribution in [3.8, 4) is 11.4 Å². The number of rotatable bonds is 5. The van der Waals surface area contributed by atoms with Gasteiger partial charge in [0.1, 0.15) is 0 Å². The van der Waals surface area contributed by atoms with Gasteiger partial charge in [-0.05, 0) is 63.5 Å². The Labute approximate surface area is 181 Å². The van der Waals surface area contributed by atoms with Crippen LogP contribution in [0.2, 0.25) is 5.02 Å². The quantitative estimate of drug-likeness (QED) is 0.633. The lowest BCUT2D eigenvalue weighted by Crippen LogP contribution is -2.37. The van der Waals surface area contributed by atoms with Gasteiger partial charge in [-0.25, -0.2) is 0 Å². The van der Waals surface area contributed by atoms with Crippen LogP contribution in [0.1, 0.15) is 29.9 Å². The number of amides is 1. The molecule has 0 radical (unpaired) electrons. The summed E-state index contributed by atoms with van der Waals surface area (Å²) in [5.41, 5.74) is 3.90. The Balaban J connectivity index is 1.31. The Morgan fingerprint density at radius 2 is 2.00 bits per heavy atom. The highest BCUT2D eigenvalue weighted by atomic mass is 35.5. The highest BCUT2D eigenvalue weighted by Crippen LogP contribution is 2.24. The van der Waals surface area contributed by atoms with Crippen molar-refractivity contribution >= 4 is 23.2 Å². The van der Waals surface area contributed by atoms with Gasteiger partial charge in [-0.2, -0.15) is 4.98 Å². The highest BCUT2D eigenvalue weighted by Gasteiger charge is 2.26. The molecule has 1 aliphatic heterocycles. The maximum atomic E-state index is 12.7. The lowest BCUT2D eigenvalue weighted by Gasteiger charge is -2.30. The smallest absolute Gasteiger partial charge is 0.241 e. The molecule has 0 saturated carbocycles. The van der Waals surface area contributed by atoms with Crippen molar-refractivity contribution < 1.29 is 9.32 Å². The molecule has 1 aromatic heterocycles. The van der Waals surface area contributed by atoms with Crippen LogP contribution in [0.3, 0.4) is 0 Å². The zero-order valence-electron chi connectivity index (χ0n) is 17.2. The third-order valence-corrected chi connectivity index (χ3v) is 5.75. The van der Waals surface area contributed by atoms with Crippen LogP contribution in [0, 0.1) is 19.8 Å². The molecule has 1 N–H and O–H groups in total. The van der Waals surface area contributed by atoms with Crippen molar-refractivity contribution in [1.82, 2.24) is 15.0 Å². The summed E-state index contributed by atoms with van der Waals surface area (Å²) in [5, 5.41) is 7.76. The van der Waals surface area contributed by atoms with E-state index < -0.39 is 0 Å². The fourth-order valence-electron chi connectivity index (χ4n) is 3.73. The maximum Gasteiger partial charge on any atom is 0.241 e.